The van der Waals surface area contributed by atoms with E-state index in [1.807, 2.05) is 84.9 Å². The lowest BCUT2D eigenvalue weighted by atomic mass is 10.1. The van der Waals surface area contributed by atoms with E-state index in [4.69, 9.17) is 18.9 Å². The van der Waals surface area contributed by atoms with Gasteiger partial charge in [-0.15, -0.1) is 0 Å². The van der Waals surface area contributed by atoms with E-state index < -0.39 is 12.6 Å². The van der Waals surface area contributed by atoms with Crippen LogP contribution in [0.25, 0.3) is 22.3 Å². The van der Waals surface area contributed by atoms with E-state index in [0.717, 1.165) is 22.3 Å². The van der Waals surface area contributed by atoms with Gasteiger partial charge < -0.3 is 18.9 Å². The molecule has 4 aromatic carbocycles. The van der Waals surface area contributed by atoms with Crippen molar-refractivity contribution in [1.82, 2.24) is 0 Å². The highest BCUT2D eigenvalue weighted by atomic mass is 16.8. The fourth-order valence-corrected chi connectivity index (χ4v) is 3.65. The fraction of sp³-hybridized carbons (Fsp3) is 0.143. The zero-order valence-corrected chi connectivity index (χ0v) is 17.6. The summed E-state index contributed by atoms with van der Waals surface area (Å²) < 4.78 is 23.7. The van der Waals surface area contributed by atoms with Crippen LogP contribution in [-0.2, 0) is 9.47 Å². The minimum absolute atomic E-state index is 0.458. The molecule has 4 heteroatoms. The summed E-state index contributed by atoms with van der Waals surface area (Å²) in [5.74, 6) is 1.40. The second-order valence-electron chi connectivity index (χ2n) is 7.49. The van der Waals surface area contributed by atoms with Crippen LogP contribution in [0.1, 0.15) is 0 Å². The number of hydrogen-bond donors (Lipinski definition) is 0. The van der Waals surface area contributed by atoms with Gasteiger partial charge in [-0.2, -0.15) is 0 Å². The van der Waals surface area contributed by atoms with Gasteiger partial charge in [0.15, 0.2) is 0 Å². The third kappa shape index (κ3) is 4.83. The molecule has 5 rings (SSSR count). The minimum atomic E-state index is -0.653. The van der Waals surface area contributed by atoms with E-state index >= 15 is 0 Å². The Morgan fingerprint density at radius 1 is 0.438 bits per heavy atom. The van der Waals surface area contributed by atoms with E-state index in [9.17, 15) is 0 Å². The highest BCUT2D eigenvalue weighted by Crippen LogP contribution is 2.27. The maximum absolute atomic E-state index is 6.05. The lowest BCUT2D eigenvalue weighted by Crippen LogP contribution is -2.45. The first kappa shape index (κ1) is 20.3. The molecule has 0 bridgehead atoms. The SMILES string of the molecule is c1ccc(-c2ccc(O[C@H]3OCCO[C@@H]3Oc3ccc(-c4ccccc4)cc3)cc2)cc1. The zero-order valence-electron chi connectivity index (χ0n) is 17.6. The quantitative estimate of drug-likeness (QED) is 0.370. The van der Waals surface area contributed by atoms with E-state index in [2.05, 4.69) is 24.3 Å². The third-order valence-electron chi connectivity index (χ3n) is 5.30. The van der Waals surface area contributed by atoms with Crippen molar-refractivity contribution in [2.75, 3.05) is 13.2 Å². The molecule has 0 N–H and O–H groups in total. The second-order valence-corrected chi connectivity index (χ2v) is 7.49. The van der Waals surface area contributed by atoms with Crippen LogP contribution in [0.2, 0.25) is 0 Å². The molecule has 0 aliphatic carbocycles. The first-order valence-electron chi connectivity index (χ1n) is 10.7. The van der Waals surface area contributed by atoms with Crippen LogP contribution in [0.4, 0.5) is 0 Å². The summed E-state index contributed by atoms with van der Waals surface area (Å²) in [5.41, 5.74) is 4.59. The molecule has 0 radical (unpaired) electrons. The van der Waals surface area contributed by atoms with Crippen LogP contribution < -0.4 is 9.47 Å². The maximum atomic E-state index is 6.05. The monoisotopic (exact) mass is 424 g/mol. The molecule has 1 aliphatic rings. The summed E-state index contributed by atoms with van der Waals surface area (Å²) in [4.78, 5) is 0. The van der Waals surface area contributed by atoms with Gasteiger partial charge >= 0.3 is 0 Å². The van der Waals surface area contributed by atoms with E-state index in [0.29, 0.717) is 24.7 Å². The van der Waals surface area contributed by atoms with Crippen molar-refractivity contribution in [3.8, 4) is 33.8 Å². The molecule has 1 aliphatic heterocycles. The first-order valence-corrected chi connectivity index (χ1v) is 10.7. The fourth-order valence-electron chi connectivity index (χ4n) is 3.65. The molecule has 2 atom stereocenters. The Morgan fingerprint density at radius 2 is 0.781 bits per heavy atom. The first-order chi connectivity index (χ1) is 15.8. The van der Waals surface area contributed by atoms with Crippen LogP contribution in [0.5, 0.6) is 11.5 Å². The Balaban J connectivity index is 1.25. The summed E-state index contributed by atoms with van der Waals surface area (Å²) in [6, 6.07) is 36.4. The Bertz CT molecular complexity index is 1020. The molecule has 4 nitrogen and oxygen atoms in total. The average molecular weight is 424 g/mol. The van der Waals surface area contributed by atoms with Crippen LogP contribution in [0, 0.1) is 0 Å². The van der Waals surface area contributed by atoms with Crippen molar-refractivity contribution in [3.05, 3.63) is 109 Å². The van der Waals surface area contributed by atoms with Crippen LogP contribution in [0.3, 0.4) is 0 Å². The molecular weight excluding hydrogens is 400 g/mol. The Morgan fingerprint density at radius 3 is 1.16 bits per heavy atom. The molecule has 160 valence electrons. The van der Waals surface area contributed by atoms with Crippen molar-refractivity contribution in [3.63, 3.8) is 0 Å². The molecule has 4 aromatic rings. The molecular formula is C28H24O4. The van der Waals surface area contributed by atoms with Gasteiger partial charge in [0.2, 0.25) is 0 Å². The van der Waals surface area contributed by atoms with Crippen molar-refractivity contribution in [2.45, 2.75) is 12.6 Å². The number of benzene rings is 4. The van der Waals surface area contributed by atoms with Gasteiger partial charge in [-0.1, -0.05) is 84.9 Å². The smallest absolute Gasteiger partial charge is 0.263 e. The summed E-state index contributed by atoms with van der Waals surface area (Å²) in [7, 11) is 0. The van der Waals surface area contributed by atoms with Crippen LogP contribution >= 0.6 is 0 Å². The largest absolute Gasteiger partial charge is 0.458 e. The predicted octanol–water partition coefficient (Wildman–Crippen LogP) is 6.18. The molecule has 0 unspecified atom stereocenters. The van der Waals surface area contributed by atoms with Crippen molar-refractivity contribution < 1.29 is 18.9 Å². The highest BCUT2D eigenvalue weighted by molar-refractivity contribution is 5.64. The van der Waals surface area contributed by atoms with Gasteiger partial charge in [-0.3, -0.25) is 0 Å². The van der Waals surface area contributed by atoms with Gasteiger partial charge in [0, 0.05) is 0 Å². The van der Waals surface area contributed by atoms with Crippen molar-refractivity contribution >= 4 is 0 Å². The Hall–Kier alpha value is -3.60. The normalized spacial score (nSPS) is 18.1. The molecule has 1 saturated heterocycles. The van der Waals surface area contributed by atoms with Gasteiger partial charge in [-0.05, 0) is 46.5 Å². The van der Waals surface area contributed by atoms with E-state index in [-0.39, 0.29) is 0 Å². The number of rotatable bonds is 6. The Kier molecular flexibility index (Phi) is 6.15. The average Bonchev–Trinajstić information content (AvgIpc) is 2.87. The van der Waals surface area contributed by atoms with Crippen molar-refractivity contribution in [1.29, 1.82) is 0 Å². The zero-order chi connectivity index (χ0) is 21.6. The van der Waals surface area contributed by atoms with Crippen molar-refractivity contribution in [2.24, 2.45) is 0 Å². The van der Waals surface area contributed by atoms with E-state index in [1.165, 1.54) is 0 Å². The van der Waals surface area contributed by atoms with E-state index in [1.54, 1.807) is 0 Å². The summed E-state index contributed by atoms with van der Waals surface area (Å²) in [6.45, 7) is 0.916. The van der Waals surface area contributed by atoms with Gasteiger partial charge in [0.05, 0.1) is 13.2 Å². The number of ether oxygens (including phenoxy) is 4. The lowest BCUT2D eigenvalue weighted by Gasteiger charge is -2.31. The Labute approximate surface area is 188 Å². The van der Waals surface area contributed by atoms with Crippen LogP contribution in [0.15, 0.2) is 109 Å². The predicted molar refractivity (Wildman–Crippen MR) is 124 cm³/mol. The van der Waals surface area contributed by atoms with Gasteiger partial charge in [-0.25, -0.2) is 0 Å². The topological polar surface area (TPSA) is 36.9 Å². The molecule has 0 amide bonds. The molecule has 0 spiro atoms. The molecule has 0 saturated carbocycles. The van der Waals surface area contributed by atoms with Crippen LogP contribution in [-0.4, -0.2) is 25.8 Å². The summed E-state index contributed by atoms with van der Waals surface area (Å²) in [6.07, 6.45) is -1.31. The third-order valence-corrected chi connectivity index (χ3v) is 5.30. The minimum Gasteiger partial charge on any atom is -0.458 e. The summed E-state index contributed by atoms with van der Waals surface area (Å²) >= 11 is 0. The van der Waals surface area contributed by atoms with Gasteiger partial charge in [0.25, 0.3) is 12.6 Å². The second kappa shape index (κ2) is 9.69. The molecule has 32 heavy (non-hydrogen) atoms. The standard InChI is InChI=1S/C28H24O4/c1-3-7-21(8-4-1)23-11-15-25(16-12-23)31-27-28(30-20-19-29-27)32-26-17-13-24(14-18-26)22-9-5-2-6-10-22/h1-18,27-28H,19-20H2/t27-,28-/m1/s1. The molecule has 0 aromatic heterocycles. The molecule has 1 fully saturated rings. The molecule has 1 heterocycles. The van der Waals surface area contributed by atoms with Gasteiger partial charge in [0.1, 0.15) is 11.5 Å². The maximum Gasteiger partial charge on any atom is 0.263 e. The lowest BCUT2D eigenvalue weighted by molar-refractivity contribution is -0.271. The number of hydrogen-bond acceptors (Lipinski definition) is 4. The highest BCUT2D eigenvalue weighted by Gasteiger charge is 2.31. The summed E-state index contributed by atoms with van der Waals surface area (Å²) in [5, 5.41) is 0.